The van der Waals surface area contributed by atoms with Gasteiger partial charge >= 0.3 is 0 Å². The zero-order chi connectivity index (χ0) is 14.2. The van der Waals surface area contributed by atoms with Crippen LogP contribution in [-0.2, 0) is 11.3 Å². The first-order valence-electron chi connectivity index (χ1n) is 7.78. The maximum atomic E-state index is 10.2. The van der Waals surface area contributed by atoms with Gasteiger partial charge < -0.3 is 19.3 Å². The summed E-state index contributed by atoms with van der Waals surface area (Å²) in [7, 11) is 0. The van der Waals surface area contributed by atoms with Gasteiger partial charge in [-0.15, -0.1) is 0 Å². The molecule has 3 aliphatic rings. The molecule has 2 fully saturated rings. The van der Waals surface area contributed by atoms with Gasteiger partial charge in [-0.05, 0) is 18.9 Å². The van der Waals surface area contributed by atoms with Crippen LogP contribution < -0.4 is 9.47 Å². The molecular weight excluding hydrogens is 270 g/mol. The largest absolute Gasteiger partial charge is 0.507 e. The summed E-state index contributed by atoms with van der Waals surface area (Å²) < 4.78 is 16.6. The van der Waals surface area contributed by atoms with Crippen LogP contribution in [-0.4, -0.2) is 42.1 Å². The molecule has 1 aliphatic carbocycles. The predicted molar refractivity (Wildman–Crippen MR) is 76.6 cm³/mol. The van der Waals surface area contributed by atoms with E-state index in [0.29, 0.717) is 17.9 Å². The standard InChI is InChI=1S/C16H21NO4/c18-13-8-16-15(20-10-21-16)7-11(13)9-17-5-6-19-14-4-2-1-3-12(14)17/h7-8,12,14,18H,1-6,9-10H2/t12-,14-/m1/s1. The fourth-order valence-corrected chi connectivity index (χ4v) is 3.69. The first kappa shape index (κ1) is 13.2. The van der Waals surface area contributed by atoms with Gasteiger partial charge in [-0.25, -0.2) is 0 Å². The molecule has 5 nitrogen and oxygen atoms in total. The maximum Gasteiger partial charge on any atom is 0.231 e. The lowest BCUT2D eigenvalue weighted by atomic mass is 9.90. The Labute approximate surface area is 124 Å². The molecule has 1 N–H and O–H groups in total. The highest BCUT2D eigenvalue weighted by Gasteiger charge is 2.34. The summed E-state index contributed by atoms with van der Waals surface area (Å²) in [4.78, 5) is 2.45. The summed E-state index contributed by atoms with van der Waals surface area (Å²) in [6.07, 6.45) is 5.26. The van der Waals surface area contributed by atoms with E-state index in [1.807, 2.05) is 6.07 Å². The molecule has 4 rings (SSSR count). The van der Waals surface area contributed by atoms with E-state index in [4.69, 9.17) is 14.2 Å². The topological polar surface area (TPSA) is 51.2 Å². The Bertz CT molecular complexity index is 531. The number of ether oxygens (including phenoxy) is 3. The van der Waals surface area contributed by atoms with Gasteiger partial charge in [0.1, 0.15) is 5.75 Å². The zero-order valence-corrected chi connectivity index (χ0v) is 12.1. The fraction of sp³-hybridized carbons (Fsp3) is 0.625. The summed E-state index contributed by atoms with van der Waals surface area (Å²) in [5, 5.41) is 10.2. The Morgan fingerprint density at radius 3 is 2.86 bits per heavy atom. The Balaban J connectivity index is 1.55. The molecule has 21 heavy (non-hydrogen) atoms. The van der Waals surface area contributed by atoms with Crippen molar-refractivity contribution in [3.63, 3.8) is 0 Å². The van der Waals surface area contributed by atoms with Crippen LogP contribution in [0, 0.1) is 0 Å². The van der Waals surface area contributed by atoms with E-state index < -0.39 is 0 Å². The van der Waals surface area contributed by atoms with Crippen LogP contribution in [0.1, 0.15) is 31.2 Å². The third-order valence-electron chi connectivity index (χ3n) is 4.79. The van der Waals surface area contributed by atoms with Crippen LogP contribution in [0.4, 0.5) is 0 Å². The van der Waals surface area contributed by atoms with Gasteiger partial charge in [0.15, 0.2) is 11.5 Å². The average molecular weight is 291 g/mol. The van der Waals surface area contributed by atoms with E-state index >= 15 is 0 Å². The van der Waals surface area contributed by atoms with Crippen LogP contribution in [0.5, 0.6) is 17.2 Å². The molecule has 1 saturated heterocycles. The zero-order valence-electron chi connectivity index (χ0n) is 12.1. The van der Waals surface area contributed by atoms with E-state index in [9.17, 15) is 5.11 Å². The number of hydrogen-bond donors (Lipinski definition) is 1. The van der Waals surface area contributed by atoms with Gasteiger partial charge in [-0.3, -0.25) is 4.90 Å². The number of fused-ring (bicyclic) bond motifs is 2. The van der Waals surface area contributed by atoms with Crippen molar-refractivity contribution in [1.82, 2.24) is 4.90 Å². The molecule has 0 spiro atoms. The number of hydrogen-bond acceptors (Lipinski definition) is 5. The first-order valence-corrected chi connectivity index (χ1v) is 7.78. The van der Waals surface area contributed by atoms with Crippen molar-refractivity contribution in [3.05, 3.63) is 17.7 Å². The van der Waals surface area contributed by atoms with Crippen molar-refractivity contribution in [2.24, 2.45) is 0 Å². The molecule has 0 amide bonds. The van der Waals surface area contributed by atoms with Crippen molar-refractivity contribution in [2.45, 2.75) is 44.4 Å². The van der Waals surface area contributed by atoms with Crippen LogP contribution in [0.25, 0.3) is 0 Å². The maximum absolute atomic E-state index is 10.2. The normalized spacial score (nSPS) is 28.4. The van der Waals surface area contributed by atoms with Crippen molar-refractivity contribution in [2.75, 3.05) is 19.9 Å². The van der Waals surface area contributed by atoms with Gasteiger partial charge in [0, 0.05) is 30.8 Å². The molecule has 0 radical (unpaired) electrons. The van der Waals surface area contributed by atoms with E-state index in [-0.39, 0.29) is 12.5 Å². The number of morpholine rings is 1. The van der Waals surface area contributed by atoms with Crippen LogP contribution >= 0.6 is 0 Å². The van der Waals surface area contributed by atoms with Gasteiger partial charge in [0.25, 0.3) is 0 Å². The molecule has 2 atom stereocenters. The highest BCUT2D eigenvalue weighted by atomic mass is 16.7. The van der Waals surface area contributed by atoms with Crippen molar-refractivity contribution >= 4 is 0 Å². The Kier molecular flexibility index (Phi) is 3.39. The average Bonchev–Trinajstić information content (AvgIpc) is 2.95. The van der Waals surface area contributed by atoms with E-state index in [1.165, 1.54) is 19.3 Å². The van der Waals surface area contributed by atoms with Gasteiger partial charge in [-0.1, -0.05) is 12.8 Å². The lowest BCUT2D eigenvalue weighted by Crippen LogP contribution is -2.52. The number of nitrogens with zero attached hydrogens (tertiary/aromatic N) is 1. The molecule has 2 heterocycles. The molecule has 1 aromatic rings. The minimum atomic E-state index is 0.237. The SMILES string of the molecule is Oc1cc2c(cc1CN1CCO[C@@H]3CCCC[C@H]31)OCO2. The quantitative estimate of drug-likeness (QED) is 0.906. The molecule has 0 bridgehead atoms. The molecule has 114 valence electrons. The summed E-state index contributed by atoms with van der Waals surface area (Å²) in [6, 6.07) is 4.05. The predicted octanol–water partition coefficient (Wildman–Crippen LogP) is 2.26. The summed E-state index contributed by atoms with van der Waals surface area (Å²) >= 11 is 0. The van der Waals surface area contributed by atoms with E-state index in [2.05, 4.69) is 4.90 Å². The molecule has 0 unspecified atom stereocenters. The second kappa shape index (κ2) is 5.39. The third-order valence-corrected chi connectivity index (χ3v) is 4.79. The minimum Gasteiger partial charge on any atom is -0.507 e. The Morgan fingerprint density at radius 2 is 1.95 bits per heavy atom. The van der Waals surface area contributed by atoms with Gasteiger partial charge in [-0.2, -0.15) is 0 Å². The molecule has 5 heteroatoms. The smallest absolute Gasteiger partial charge is 0.231 e. The van der Waals surface area contributed by atoms with Crippen molar-refractivity contribution < 1.29 is 19.3 Å². The third kappa shape index (κ3) is 2.45. The highest BCUT2D eigenvalue weighted by Crippen LogP contribution is 2.39. The van der Waals surface area contributed by atoms with Gasteiger partial charge in [0.2, 0.25) is 6.79 Å². The number of phenols is 1. The molecule has 1 aromatic carbocycles. The second-order valence-electron chi connectivity index (χ2n) is 6.07. The van der Waals surface area contributed by atoms with E-state index in [0.717, 1.165) is 37.4 Å². The fourth-order valence-electron chi connectivity index (χ4n) is 3.69. The first-order chi connectivity index (χ1) is 10.3. The Hall–Kier alpha value is -1.46. The summed E-state index contributed by atoms with van der Waals surface area (Å²) in [5.74, 6) is 1.66. The number of phenolic OH excluding ortho intramolecular Hbond substituents is 1. The van der Waals surface area contributed by atoms with E-state index in [1.54, 1.807) is 6.07 Å². The minimum absolute atomic E-state index is 0.237. The van der Waals surface area contributed by atoms with Crippen molar-refractivity contribution in [3.8, 4) is 17.2 Å². The number of aromatic hydroxyl groups is 1. The van der Waals surface area contributed by atoms with Crippen molar-refractivity contribution in [1.29, 1.82) is 0 Å². The van der Waals surface area contributed by atoms with Crippen LogP contribution in [0.2, 0.25) is 0 Å². The highest BCUT2D eigenvalue weighted by molar-refractivity contribution is 5.51. The summed E-state index contributed by atoms with van der Waals surface area (Å²) in [6.45, 7) is 2.69. The van der Waals surface area contributed by atoms with Crippen LogP contribution in [0.15, 0.2) is 12.1 Å². The lowest BCUT2D eigenvalue weighted by Gasteiger charge is -2.43. The second-order valence-corrected chi connectivity index (χ2v) is 6.07. The monoisotopic (exact) mass is 291 g/mol. The molecular formula is C16H21NO4. The molecule has 0 aromatic heterocycles. The number of benzene rings is 1. The molecule has 2 aliphatic heterocycles. The van der Waals surface area contributed by atoms with Crippen LogP contribution in [0.3, 0.4) is 0 Å². The number of rotatable bonds is 2. The summed E-state index contributed by atoms with van der Waals surface area (Å²) in [5.41, 5.74) is 0.908. The lowest BCUT2D eigenvalue weighted by molar-refractivity contribution is -0.0912. The molecule has 1 saturated carbocycles. The Morgan fingerprint density at radius 1 is 1.14 bits per heavy atom. The van der Waals surface area contributed by atoms with Gasteiger partial charge in [0.05, 0.1) is 12.7 Å².